The van der Waals surface area contributed by atoms with E-state index in [9.17, 15) is 8.42 Å². The first-order valence-corrected chi connectivity index (χ1v) is 7.91. The zero-order valence-electron chi connectivity index (χ0n) is 9.21. The molecule has 2 N–H and O–H groups in total. The van der Waals surface area contributed by atoms with Crippen molar-refractivity contribution in [3.63, 3.8) is 0 Å². The molecule has 10 heteroatoms. The average molecular weight is 413 g/mol. The fourth-order valence-electron chi connectivity index (χ4n) is 1.23. The van der Waals surface area contributed by atoms with Gasteiger partial charge in [-0.3, -0.25) is 0 Å². The number of nitrogens with zero attached hydrogens (tertiary/aromatic N) is 2. The molecule has 0 fully saturated rings. The summed E-state index contributed by atoms with van der Waals surface area (Å²) in [5.74, 6) is 0.784. The summed E-state index contributed by atoms with van der Waals surface area (Å²) in [4.78, 5) is 3.77. The van der Waals surface area contributed by atoms with E-state index in [2.05, 4.69) is 46.5 Å². The van der Waals surface area contributed by atoms with Crippen molar-refractivity contribution in [3.8, 4) is 5.75 Å². The highest BCUT2D eigenvalue weighted by Crippen LogP contribution is 2.36. The van der Waals surface area contributed by atoms with Crippen LogP contribution < -0.4 is 9.88 Å². The number of benzene rings is 1. The first kappa shape index (κ1) is 14.4. The van der Waals surface area contributed by atoms with Crippen molar-refractivity contribution in [1.29, 1.82) is 0 Å². The number of rotatable bonds is 4. The lowest BCUT2D eigenvalue weighted by atomic mass is 10.3. The lowest BCUT2D eigenvalue weighted by molar-refractivity contribution is 0.283. The molecule has 0 aliphatic carbocycles. The molecule has 19 heavy (non-hydrogen) atoms. The van der Waals surface area contributed by atoms with Gasteiger partial charge in [0.05, 0.1) is 13.8 Å². The molecule has 0 aliphatic heterocycles. The molecule has 0 aliphatic rings. The summed E-state index contributed by atoms with van der Waals surface area (Å²) < 4.78 is 33.4. The van der Waals surface area contributed by atoms with Gasteiger partial charge in [-0.25, -0.2) is 13.6 Å². The van der Waals surface area contributed by atoms with Crippen molar-refractivity contribution in [2.75, 3.05) is 0 Å². The third kappa shape index (κ3) is 3.53. The van der Waals surface area contributed by atoms with Crippen molar-refractivity contribution < 1.29 is 17.7 Å². The maximum absolute atomic E-state index is 11.3. The molecule has 0 saturated heterocycles. The molecule has 0 unspecified atom stereocenters. The summed E-state index contributed by atoms with van der Waals surface area (Å²) in [7, 11) is -3.78. The molecule has 102 valence electrons. The number of sulfonamides is 1. The van der Waals surface area contributed by atoms with Gasteiger partial charge in [0.25, 0.3) is 0 Å². The van der Waals surface area contributed by atoms with Gasteiger partial charge in [-0.05, 0) is 44.0 Å². The molecule has 0 spiro atoms. The van der Waals surface area contributed by atoms with Crippen LogP contribution in [0.2, 0.25) is 0 Å². The lowest BCUT2D eigenvalue weighted by Crippen LogP contribution is -2.12. The second kappa shape index (κ2) is 5.57. The summed E-state index contributed by atoms with van der Waals surface area (Å²) in [6.07, 6.45) is 1.19. The van der Waals surface area contributed by atoms with Gasteiger partial charge >= 0.3 is 0 Å². The monoisotopic (exact) mass is 411 g/mol. The molecule has 0 atom stereocenters. The molecule has 0 saturated carbocycles. The summed E-state index contributed by atoms with van der Waals surface area (Å²) in [5, 5.41) is 8.64. The molecule has 7 nitrogen and oxygen atoms in total. The minimum Gasteiger partial charge on any atom is -0.483 e. The van der Waals surface area contributed by atoms with Crippen LogP contribution in [0.1, 0.15) is 5.82 Å². The summed E-state index contributed by atoms with van der Waals surface area (Å²) in [5.41, 5.74) is 0. The summed E-state index contributed by atoms with van der Waals surface area (Å²) in [6.45, 7) is 0.0857. The standard InChI is InChI=1S/C9H7Br2N3O4S/c10-6-1-5(19(12,15)16)2-7(11)9(6)17-3-8-13-4-18-14-8/h1-2,4H,3H2,(H2,12,15,16). The number of halogens is 2. The molecule has 2 aromatic rings. The predicted molar refractivity (Wildman–Crippen MR) is 71.8 cm³/mol. The summed E-state index contributed by atoms with van der Waals surface area (Å²) in [6, 6.07) is 2.71. The Hall–Kier alpha value is -0.970. The minimum atomic E-state index is -3.78. The second-order valence-electron chi connectivity index (χ2n) is 3.40. The number of aromatic nitrogens is 2. The highest BCUT2D eigenvalue weighted by atomic mass is 79.9. The van der Waals surface area contributed by atoms with Crippen LogP contribution in [-0.4, -0.2) is 18.6 Å². The van der Waals surface area contributed by atoms with E-state index >= 15 is 0 Å². The largest absolute Gasteiger partial charge is 0.483 e. The Kier molecular flexibility index (Phi) is 4.23. The van der Waals surface area contributed by atoms with Crippen LogP contribution in [0.3, 0.4) is 0 Å². The highest BCUT2D eigenvalue weighted by molar-refractivity contribution is 9.11. The number of nitrogens with two attached hydrogens (primary N) is 1. The van der Waals surface area contributed by atoms with Gasteiger partial charge in [0, 0.05) is 0 Å². The van der Waals surface area contributed by atoms with Crippen LogP contribution >= 0.6 is 31.9 Å². The van der Waals surface area contributed by atoms with Gasteiger partial charge < -0.3 is 9.26 Å². The highest BCUT2D eigenvalue weighted by Gasteiger charge is 2.15. The number of ether oxygens (including phenoxy) is 1. The van der Waals surface area contributed by atoms with E-state index in [-0.39, 0.29) is 11.5 Å². The Balaban J connectivity index is 2.27. The molecule has 0 bridgehead atoms. The number of primary sulfonamides is 1. The lowest BCUT2D eigenvalue weighted by Gasteiger charge is -2.10. The zero-order chi connectivity index (χ0) is 14.0. The third-order valence-electron chi connectivity index (χ3n) is 2.05. The zero-order valence-corrected chi connectivity index (χ0v) is 13.2. The number of hydrogen-bond acceptors (Lipinski definition) is 6. The Morgan fingerprint density at radius 3 is 2.42 bits per heavy atom. The van der Waals surface area contributed by atoms with E-state index in [0.29, 0.717) is 20.5 Å². The van der Waals surface area contributed by atoms with Crippen molar-refractivity contribution in [1.82, 2.24) is 10.1 Å². The van der Waals surface area contributed by atoms with Gasteiger partial charge in [0.15, 0.2) is 6.61 Å². The minimum absolute atomic E-state index is 0.0295. The quantitative estimate of drug-likeness (QED) is 0.820. The van der Waals surface area contributed by atoms with Crippen LogP contribution in [0.5, 0.6) is 5.75 Å². The smallest absolute Gasteiger partial charge is 0.238 e. The molecular formula is C9H7Br2N3O4S. The number of hydrogen-bond donors (Lipinski definition) is 1. The van der Waals surface area contributed by atoms with Crippen LogP contribution in [0.4, 0.5) is 0 Å². The van der Waals surface area contributed by atoms with Crippen LogP contribution in [0, 0.1) is 0 Å². The van der Waals surface area contributed by atoms with E-state index in [1.54, 1.807) is 0 Å². The van der Waals surface area contributed by atoms with Crippen molar-refractivity contribution in [2.24, 2.45) is 5.14 Å². The van der Waals surface area contributed by atoms with Gasteiger partial charge in [0.2, 0.25) is 22.2 Å². The van der Waals surface area contributed by atoms with E-state index < -0.39 is 10.0 Å². The molecule has 0 amide bonds. The van der Waals surface area contributed by atoms with E-state index in [1.165, 1.54) is 18.5 Å². The van der Waals surface area contributed by atoms with E-state index in [0.717, 1.165) is 0 Å². The van der Waals surface area contributed by atoms with Crippen molar-refractivity contribution in [3.05, 3.63) is 33.3 Å². The molecule has 0 radical (unpaired) electrons. The van der Waals surface area contributed by atoms with Gasteiger partial charge in [0.1, 0.15) is 5.75 Å². The van der Waals surface area contributed by atoms with E-state index in [4.69, 9.17) is 9.88 Å². The van der Waals surface area contributed by atoms with Gasteiger partial charge in [-0.15, -0.1) is 0 Å². The van der Waals surface area contributed by atoms with Gasteiger partial charge in [-0.1, -0.05) is 5.16 Å². The summed E-state index contributed by atoms with van der Waals surface area (Å²) >= 11 is 6.43. The maximum atomic E-state index is 11.3. The van der Waals surface area contributed by atoms with Crippen molar-refractivity contribution in [2.45, 2.75) is 11.5 Å². The molecule has 1 aromatic carbocycles. The second-order valence-corrected chi connectivity index (χ2v) is 6.67. The van der Waals surface area contributed by atoms with Crippen molar-refractivity contribution >= 4 is 41.9 Å². The third-order valence-corrected chi connectivity index (χ3v) is 4.12. The SMILES string of the molecule is NS(=O)(=O)c1cc(Br)c(OCc2ncon2)c(Br)c1. The Labute approximate surface area is 125 Å². The van der Waals surface area contributed by atoms with Crippen LogP contribution in [0.15, 0.2) is 36.9 Å². The fourth-order valence-corrected chi connectivity index (χ4v) is 3.51. The fraction of sp³-hybridized carbons (Fsp3) is 0.111. The predicted octanol–water partition coefficient (Wildman–Crippen LogP) is 1.82. The average Bonchev–Trinajstić information content (AvgIpc) is 2.79. The maximum Gasteiger partial charge on any atom is 0.238 e. The Morgan fingerprint density at radius 2 is 1.95 bits per heavy atom. The molecule has 1 heterocycles. The van der Waals surface area contributed by atoms with E-state index in [1.807, 2.05) is 0 Å². The topological polar surface area (TPSA) is 108 Å². The first-order valence-electron chi connectivity index (χ1n) is 4.78. The molecular weight excluding hydrogens is 406 g/mol. The van der Waals surface area contributed by atoms with Crippen LogP contribution in [0.25, 0.3) is 0 Å². The van der Waals surface area contributed by atoms with Gasteiger partial charge in [-0.2, -0.15) is 4.98 Å². The first-order chi connectivity index (χ1) is 8.88. The molecule has 1 aromatic heterocycles. The Morgan fingerprint density at radius 1 is 1.32 bits per heavy atom. The molecule has 2 rings (SSSR count). The van der Waals surface area contributed by atoms with Crippen LogP contribution in [-0.2, 0) is 16.6 Å². The Bertz CT molecular complexity index is 664. The normalized spacial score (nSPS) is 11.5.